The SMILES string of the molecule is COc1cccc(CCCNS(=O)(=O)c2c(C)cc(C)cc2C)c1. The van der Waals surface area contributed by atoms with E-state index in [1.807, 2.05) is 57.2 Å². The van der Waals surface area contributed by atoms with Crippen molar-refractivity contribution >= 4 is 10.0 Å². The summed E-state index contributed by atoms with van der Waals surface area (Å²) in [4.78, 5) is 0.398. The molecule has 0 heterocycles. The first-order valence-electron chi connectivity index (χ1n) is 8.04. The van der Waals surface area contributed by atoms with Crippen molar-refractivity contribution in [1.29, 1.82) is 0 Å². The summed E-state index contributed by atoms with van der Waals surface area (Å²) in [5.41, 5.74) is 3.78. The highest BCUT2D eigenvalue weighted by molar-refractivity contribution is 7.89. The maximum absolute atomic E-state index is 12.6. The second kappa shape index (κ2) is 7.81. The van der Waals surface area contributed by atoms with Crippen molar-refractivity contribution in [1.82, 2.24) is 4.72 Å². The van der Waals surface area contributed by atoms with Gasteiger partial charge in [-0.25, -0.2) is 13.1 Å². The van der Waals surface area contributed by atoms with E-state index in [1.54, 1.807) is 7.11 Å². The third kappa shape index (κ3) is 4.58. The van der Waals surface area contributed by atoms with Gasteiger partial charge in [0.1, 0.15) is 5.75 Å². The highest BCUT2D eigenvalue weighted by Crippen LogP contribution is 2.21. The molecule has 2 aromatic rings. The summed E-state index contributed by atoms with van der Waals surface area (Å²) >= 11 is 0. The first kappa shape index (κ1) is 18.5. The van der Waals surface area contributed by atoms with Crippen LogP contribution in [-0.4, -0.2) is 22.1 Å². The molecule has 0 bridgehead atoms. The molecule has 0 unspecified atom stereocenters. The monoisotopic (exact) mass is 347 g/mol. The van der Waals surface area contributed by atoms with Crippen molar-refractivity contribution in [3.05, 3.63) is 58.7 Å². The molecule has 0 aliphatic carbocycles. The zero-order chi connectivity index (χ0) is 17.7. The van der Waals surface area contributed by atoms with Crippen LogP contribution in [-0.2, 0) is 16.4 Å². The number of aryl methyl sites for hydroxylation is 4. The molecule has 0 spiro atoms. The van der Waals surface area contributed by atoms with Gasteiger partial charge in [0.25, 0.3) is 0 Å². The van der Waals surface area contributed by atoms with Gasteiger partial charge in [-0.2, -0.15) is 0 Å². The van der Waals surface area contributed by atoms with E-state index in [-0.39, 0.29) is 0 Å². The van der Waals surface area contributed by atoms with Gasteiger partial charge in [0.2, 0.25) is 10.0 Å². The van der Waals surface area contributed by atoms with Crippen LogP contribution < -0.4 is 9.46 Å². The number of hydrogen-bond acceptors (Lipinski definition) is 3. The molecule has 5 heteroatoms. The molecule has 130 valence electrons. The van der Waals surface area contributed by atoms with Crippen molar-refractivity contribution in [2.45, 2.75) is 38.5 Å². The molecule has 0 atom stereocenters. The van der Waals surface area contributed by atoms with Gasteiger partial charge in [-0.05, 0) is 62.4 Å². The van der Waals surface area contributed by atoms with Crippen molar-refractivity contribution in [3.63, 3.8) is 0 Å². The molecule has 1 N–H and O–H groups in total. The largest absolute Gasteiger partial charge is 0.497 e. The lowest BCUT2D eigenvalue weighted by Crippen LogP contribution is -2.26. The van der Waals surface area contributed by atoms with Crippen LogP contribution in [0.5, 0.6) is 5.75 Å². The number of ether oxygens (including phenoxy) is 1. The third-order valence-corrected chi connectivity index (χ3v) is 5.71. The highest BCUT2D eigenvalue weighted by Gasteiger charge is 2.19. The van der Waals surface area contributed by atoms with Gasteiger partial charge in [-0.3, -0.25) is 0 Å². The van der Waals surface area contributed by atoms with E-state index in [9.17, 15) is 8.42 Å². The molecule has 0 saturated carbocycles. The van der Waals surface area contributed by atoms with Crippen LogP contribution in [0.1, 0.15) is 28.7 Å². The van der Waals surface area contributed by atoms with E-state index < -0.39 is 10.0 Å². The average molecular weight is 347 g/mol. The number of sulfonamides is 1. The minimum Gasteiger partial charge on any atom is -0.497 e. The van der Waals surface area contributed by atoms with E-state index in [1.165, 1.54) is 0 Å². The Kier molecular flexibility index (Phi) is 6.02. The molecule has 2 rings (SSSR count). The predicted octanol–water partition coefficient (Wildman–Crippen LogP) is 3.53. The smallest absolute Gasteiger partial charge is 0.241 e. The van der Waals surface area contributed by atoms with Gasteiger partial charge >= 0.3 is 0 Å². The molecule has 0 radical (unpaired) electrons. The van der Waals surface area contributed by atoms with Crippen molar-refractivity contribution in [2.24, 2.45) is 0 Å². The standard InChI is InChI=1S/C19H25NO3S/c1-14-11-15(2)19(16(3)12-14)24(21,22)20-10-6-8-17-7-5-9-18(13-17)23-4/h5,7,9,11-13,20H,6,8,10H2,1-4H3. The number of methoxy groups -OCH3 is 1. The summed E-state index contributed by atoms with van der Waals surface area (Å²) in [6, 6.07) is 11.6. The second-order valence-electron chi connectivity index (χ2n) is 6.08. The van der Waals surface area contributed by atoms with Crippen LogP contribution in [0.15, 0.2) is 41.3 Å². The van der Waals surface area contributed by atoms with Gasteiger partial charge < -0.3 is 4.74 Å². The normalized spacial score (nSPS) is 11.5. The van der Waals surface area contributed by atoms with Gasteiger partial charge in [-0.1, -0.05) is 29.8 Å². The summed E-state index contributed by atoms with van der Waals surface area (Å²) in [5.74, 6) is 0.819. The number of hydrogen-bond donors (Lipinski definition) is 1. The second-order valence-corrected chi connectivity index (χ2v) is 7.78. The fraction of sp³-hybridized carbons (Fsp3) is 0.368. The maximum atomic E-state index is 12.6. The molecular formula is C19H25NO3S. The molecule has 0 aromatic heterocycles. The lowest BCUT2D eigenvalue weighted by Gasteiger charge is -2.13. The average Bonchev–Trinajstić information content (AvgIpc) is 2.50. The van der Waals surface area contributed by atoms with Gasteiger partial charge in [0.05, 0.1) is 12.0 Å². The molecular weight excluding hydrogens is 322 g/mol. The number of rotatable bonds is 7. The first-order valence-corrected chi connectivity index (χ1v) is 9.52. The lowest BCUT2D eigenvalue weighted by molar-refractivity contribution is 0.414. The molecule has 0 aliphatic rings. The topological polar surface area (TPSA) is 55.4 Å². The molecule has 0 amide bonds. The summed E-state index contributed by atoms with van der Waals surface area (Å²) < 4.78 is 33.0. The summed E-state index contributed by atoms with van der Waals surface area (Å²) in [6.45, 7) is 6.06. The van der Waals surface area contributed by atoms with Crippen molar-refractivity contribution < 1.29 is 13.2 Å². The number of nitrogens with one attached hydrogen (secondary N) is 1. The zero-order valence-corrected chi connectivity index (χ0v) is 15.5. The summed E-state index contributed by atoms with van der Waals surface area (Å²) in [6.07, 6.45) is 1.53. The Bertz CT molecular complexity index is 790. The molecule has 0 aliphatic heterocycles. The summed E-state index contributed by atoms with van der Waals surface area (Å²) in [5, 5.41) is 0. The maximum Gasteiger partial charge on any atom is 0.241 e. The Labute approximate surface area is 144 Å². The van der Waals surface area contributed by atoms with Crippen LogP contribution in [0.2, 0.25) is 0 Å². The minimum atomic E-state index is -3.48. The first-order chi connectivity index (χ1) is 11.3. The van der Waals surface area contributed by atoms with E-state index in [4.69, 9.17) is 4.74 Å². The summed E-state index contributed by atoms with van der Waals surface area (Å²) in [7, 11) is -1.84. The van der Waals surface area contributed by atoms with Crippen LogP contribution in [0.4, 0.5) is 0 Å². The quantitative estimate of drug-likeness (QED) is 0.780. The van der Waals surface area contributed by atoms with Crippen molar-refractivity contribution in [3.8, 4) is 5.75 Å². The minimum absolute atomic E-state index is 0.398. The third-order valence-electron chi connectivity index (χ3n) is 3.94. The van der Waals surface area contributed by atoms with Crippen LogP contribution in [0.25, 0.3) is 0 Å². The highest BCUT2D eigenvalue weighted by atomic mass is 32.2. The number of benzene rings is 2. The van der Waals surface area contributed by atoms with Gasteiger partial charge in [-0.15, -0.1) is 0 Å². The van der Waals surface area contributed by atoms with E-state index in [2.05, 4.69) is 4.72 Å². The Morgan fingerprint density at radius 2 is 1.71 bits per heavy atom. The van der Waals surface area contributed by atoms with Gasteiger partial charge in [0, 0.05) is 6.54 Å². The zero-order valence-electron chi connectivity index (χ0n) is 14.7. The Balaban J connectivity index is 1.98. The Morgan fingerprint density at radius 3 is 2.33 bits per heavy atom. The lowest BCUT2D eigenvalue weighted by atomic mass is 10.1. The van der Waals surface area contributed by atoms with Gasteiger partial charge in [0.15, 0.2) is 0 Å². The molecule has 2 aromatic carbocycles. The Morgan fingerprint density at radius 1 is 1.04 bits per heavy atom. The molecule has 0 fully saturated rings. The van der Waals surface area contributed by atoms with Crippen LogP contribution in [0.3, 0.4) is 0 Å². The van der Waals surface area contributed by atoms with E-state index in [0.717, 1.165) is 40.8 Å². The molecule has 24 heavy (non-hydrogen) atoms. The predicted molar refractivity (Wildman–Crippen MR) is 97.2 cm³/mol. The fourth-order valence-corrected chi connectivity index (χ4v) is 4.51. The van der Waals surface area contributed by atoms with Crippen LogP contribution >= 0.6 is 0 Å². The fourth-order valence-electron chi connectivity index (χ4n) is 2.99. The van der Waals surface area contributed by atoms with E-state index in [0.29, 0.717) is 11.4 Å². The molecule has 4 nitrogen and oxygen atoms in total. The van der Waals surface area contributed by atoms with Crippen LogP contribution in [0, 0.1) is 20.8 Å². The Hall–Kier alpha value is -1.85. The van der Waals surface area contributed by atoms with Crippen molar-refractivity contribution in [2.75, 3.05) is 13.7 Å². The van der Waals surface area contributed by atoms with E-state index >= 15 is 0 Å². The molecule has 0 saturated heterocycles.